The molecule has 0 radical (unpaired) electrons. The number of nitrogens with zero attached hydrogens (tertiary/aromatic N) is 1. The first-order chi connectivity index (χ1) is 6.43. The van der Waals surface area contributed by atoms with E-state index in [-0.39, 0.29) is 0 Å². The molecule has 13 heavy (non-hydrogen) atoms. The zero-order valence-electron chi connectivity index (χ0n) is 7.20. The third-order valence-electron chi connectivity index (χ3n) is 2.73. The number of anilines is 1. The maximum absolute atomic E-state index is 4.03. The number of fused-ring (bicyclic) bond motifs is 2. The van der Waals surface area contributed by atoms with Gasteiger partial charge >= 0.3 is 0 Å². The van der Waals surface area contributed by atoms with Gasteiger partial charge in [0.15, 0.2) is 0 Å². The van der Waals surface area contributed by atoms with Gasteiger partial charge in [-0.05, 0) is 6.42 Å². The lowest BCUT2D eigenvalue weighted by atomic mass is 9.87. The summed E-state index contributed by atoms with van der Waals surface area (Å²) in [6.45, 7) is 0. The SMILES string of the molecule is C1=CC2Cc3[nH]ncc3NC2C=C1. The number of H-pyrrole nitrogens is 1. The Hall–Kier alpha value is -1.51. The molecule has 2 aliphatic rings. The van der Waals surface area contributed by atoms with Crippen LogP contribution in [0.1, 0.15) is 5.69 Å². The smallest absolute Gasteiger partial charge is 0.0761 e. The molecule has 3 rings (SSSR count). The first-order valence-electron chi connectivity index (χ1n) is 4.57. The van der Waals surface area contributed by atoms with Gasteiger partial charge < -0.3 is 5.32 Å². The zero-order chi connectivity index (χ0) is 8.67. The van der Waals surface area contributed by atoms with Crippen molar-refractivity contribution >= 4 is 5.69 Å². The molecule has 0 aromatic carbocycles. The molecule has 0 bridgehead atoms. The van der Waals surface area contributed by atoms with Gasteiger partial charge in [-0.1, -0.05) is 24.3 Å². The fourth-order valence-corrected chi connectivity index (χ4v) is 2.01. The Balaban J connectivity index is 1.99. The number of hydrogen-bond donors (Lipinski definition) is 2. The number of nitrogens with one attached hydrogen (secondary N) is 2. The molecule has 2 atom stereocenters. The van der Waals surface area contributed by atoms with E-state index in [1.807, 2.05) is 6.20 Å². The van der Waals surface area contributed by atoms with E-state index >= 15 is 0 Å². The fourth-order valence-electron chi connectivity index (χ4n) is 2.01. The molecule has 0 saturated heterocycles. The minimum absolute atomic E-state index is 0.454. The summed E-state index contributed by atoms with van der Waals surface area (Å²) in [6.07, 6.45) is 11.6. The van der Waals surface area contributed by atoms with Crippen LogP contribution >= 0.6 is 0 Å². The molecule has 2 unspecified atom stereocenters. The van der Waals surface area contributed by atoms with Gasteiger partial charge in [0.2, 0.25) is 0 Å². The highest BCUT2D eigenvalue weighted by atomic mass is 15.1. The number of aromatic amines is 1. The largest absolute Gasteiger partial charge is 0.375 e. The van der Waals surface area contributed by atoms with E-state index in [4.69, 9.17) is 0 Å². The molecule has 3 nitrogen and oxygen atoms in total. The van der Waals surface area contributed by atoms with Gasteiger partial charge in [0.1, 0.15) is 0 Å². The van der Waals surface area contributed by atoms with E-state index in [0.717, 1.165) is 12.1 Å². The average molecular weight is 173 g/mol. The Morgan fingerprint density at radius 1 is 1.31 bits per heavy atom. The van der Waals surface area contributed by atoms with Crippen LogP contribution in [0.2, 0.25) is 0 Å². The standard InChI is InChI=1S/C10H11N3/c1-2-4-8-7(3-1)5-9-10(12-8)6-11-13-9/h1-4,6-8,12H,5H2,(H,11,13). The Labute approximate surface area is 76.5 Å². The summed E-state index contributed by atoms with van der Waals surface area (Å²) in [7, 11) is 0. The van der Waals surface area contributed by atoms with Gasteiger partial charge in [0, 0.05) is 5.92 Å². The minimum atomic E-state index is 0.454. The highest BCUT2D eigenvalue weighted by molar-refractivity contribution is 5.52. The molecule has 1 aliphatic heterocycles. The first-order valence-corrected chi connectivity index (χ1v) is 4.57. The number of aromatic nitrogens is 2. The maximum Gasteiger partial charge on any atom is 0.0761 e. The third kappa shape index (κ3) is 1.00. The molecule has 0 fully saturated rings. The summed E-state index contributed by atoms with van der Waals surface area (Å²) in [4.78, 5) is 0. The van der Waals surface area contributed by atoms with Gasteiger partial charge in [0.25, 0.3) is 0 Å². The van der Waals surface area contributed by atoms with Crippen LogP contribution in [0, 0.1) is 5.92 Å². The monoisotopic (exact) mass is 173 g/mol. The van der Waals surface area contributed by atoms with E-state index in [1.54, 1.807) is 0 Å². The summed E-state index contributed by atoms with van der Waals surface area (Å²) < 4.78 is 0. The summed E-state index contributed by atoms with van der Waals surface area (Å²) >= 11 is 0. The van der Waals surface area contributed by atoms with Crippen LogP contribution in [0.5, 0.6) is 0 Å². The van der Waals surface area contributed by atoms with Crippen molar-refractivity contribution in [3.63, 3.8) is 0 Å². The van der Waals surface area contributed by atoms with Crippen LogP contribution in [0.15, 0.2) is 30.5 Å². The minimum Gasteiger partial charge on any atom is -0.375 e. The van der Waals surface area contributed by atoms with Crippen molar-refractivity contribution < 1.29 is 0 Å². The molecule has 2 N–H and O–H groups in total. The van der Waals surface area contributed by atoms with E-state index in [2.05, 4.69) is 39.8 Å². The van der Waals surface area contributed by atoms with E-state index in [0.29, 0.717) is 12.0 Å². The lowest BCUT2D eigenvalue weighted by Gasteiger charge is -2.30. The van der Waals surface area contributed by atoms with Gasteiger partial charge in [-0.2, -0.15) is 5.10 Å². The van der Waals surface area contributed by atoms with Gasteiger partial charge in [0.05, 0.1) is 23.6 Å². The summed E-state index contributed by atoms with van der Waals surface area (Å²) in [5.41, 5.74) is 2.38. The van der Waals surface area contributed by atoms with Crippen molar-refractivity contribution in [2.45, 2.75) is 12.5 Å². The van der Waals surface area contributed by atoms with Crippen molar-refractivity contribution in [2.24, 2.45) is 5.92 Å². The molecular weight excluding hydrogens is 162 g/mol. The fraction of sp³-hybridized carbons (Fsp3) is 0.300. The first kappa shape index (κ1) is 6.95. The molecule has 1 aromatic heterocycles. The van der Waals surface area contributed by atoms with Crippen LogP contribution < -0.4 is 5.32 Å². The summed E-state index contributed by atoms with van der Waals surface area (Å²) in [6, 6.07) is 0.454. The second kappa shape index (κ2) is 2.49. The van der Waals surface area contributed by atoms with Crippen molar-refractivity contribution in [2.75, 3.05) is 5.32 Å². The summed E-state index contributed by atoms with van der Waals surface area (Å²) in [5, 5.41) is 10.5. The molecule has 2 heterocycles. The zero-order valence-corrected chi connectivity index (χ0v) is 7.20. The number of allylic oxidation sites excluding steroid dienone is 2. The molecule has 66 valence electrons. The highest BCUT2D eigenvalue weighted by Crippen LogP contribution is 2.29. The van der Waals surface area contributed by atoms with E-state index in [9.17, 15) is 0 Å². The number of rotatable bonds is 0. The molecular formula is C10H11N3. The second-order valence-corrected chi connectivity index (χ2v) is 3.57. The summed E-state index contributed by atoms with van der Waals surface area (Å²) in [5.74, 6) is 0.581. The Morgan fingerprint density at radius 2 is 2.23 bits per heavy atom. The lowest BCUT2D eigenvalue weighted by Crippen LogP contribution is -2.32. The van der Waals surface area contributed by atoms with Crippen LogP contribution in [0.4, 0.5) is 5.69 Å². The topological polar surface area (TPSA) is 40.7 Å². The van der Waals surface area contributed by atoms with Gasteiger partial charge in [-0.25, -0.2) is 0 Å². The van der Waals surface area contributed by atoms with Crippen molar-refractivity contribution in [3.05, 3.63) is 36.2 Å². The van der Waals surface area contributed by atoms with E-state index < -0.39 is 0 Å². The van der Waals surface area contributed by atoms with Gasteiger partial charge in [-0.15, -0.1) is 0 Å². The molecule has 1 aliphatic carbocycles. The van der Waals surface area contributed by atoms with Crippen LogP contribution in [0.25, 0.3) is 0 Å². The number of hydrogen-bond acceptors (Lipinski definition) is 2. The molecule has 0 saturated carbocycles. The lowest BCUT2D eigenvalue weighted by molar-refractivity contribution is 0.568. The molecule has 0 spiro atoms. The second-order valence-electron chi connectivity index (χ2n) is 3.57. The predicted octanol–water partition coefficient (Wildman–Crippen LogP) is 1.49. The van der Waals surface area contributed by atoms with Crippen molar-refractivity contribution in [3.8, 4) is 0 Å². The Morgan fingerprint density at radius 3 is 3.23 bits per heavy atom. The average Bonchev–Trinajstić information content (AvgIpc) is 2.61. The Bertz CT molecular complexity index is 341. The van der Waals surface area contributed by atoms with Crippen LogP contribution in [-0.2, 0) is 6.42 Å². The normalized spacial score (nSPS) is 29.2. The maximum atomic E-state index is 4.03. The third-order valence-corrected chi connectivity index (χ3v) is 2.73. The Kier molecular flexibility index (Phi) is 1.33. The van der Waals surface area contributed by atoms with Crippen molar-refractivity contribution in [1.82, 2.24) is 10.2 Å². The van der Waals surface area contributed by atoms with E-state index in [1.165, 1.54) is 5.69 Å². The molecule has 3 heteroatoms. The quantitative estimate of drug-likeness (QED) is 0.624. The highest BCUT2D eigenvalue weighted by Gasteiger charge is 2.26. The van der Waals surface area contributed by atoms with Crippen LogP contribution in [0.3, 0.4) is 0 Å². The van der Waals surface area contributed by atoms with Gasteiger partial charge in [-0.3, -0.25) is 5.10 Å². The molecule has 1 aromatic rings. The van der Waals surface area contributed by atoms with Crippen LogP contribution in [-0.4, -0.2) is 16.2 Å². The molecule has 0 amide bonds. The van der Waals surface area contributed by atoms with Crippen molar-refractivity contribution in [1.29, 1.82) is 0 Å². The predicted molar refractivity (Wildman–Crippen MR) is 51.5 cm³/mol.